The molecule has 4 nitrogen and oxygen atoms in total. The Morgan fingerprint density at radius 2 is 2.00 bits per heavy atom. The molecular formula is C10H13O4P. The summed E-state index contributed by atoms with van der Waals surface area (Å²) < 4.78 is 9.86. The summed E-state index contributed by atoms with van der Waals surface area (Å²) in [4.78, 5) is 17.5. The number of hydrogen-bond acceptors (Lipinski definition) is 4. The molecule has 0 spiro atoms. The summed E-state index contributed by atoms with van der Waals surface area (Å²) in [5.41, 5.74) is 0.908. The molecule has 5 heteroatoms. The molecule has 1 rings (SSSR count). The van der Waals surface area contributed by atoms with Crippen LogP contribution in [0.3, 0.4) is 0 Å². The number of methoxy groups -OCH3 is 1. The molecule has 0 saturated heterocycles. The van der Waals surface area contributed by atoms with E-state index in [0.29, 0.717) is 11.5 Å². The third kappa shape index (κ3) is 3.51. The summed E-state index contributed by atoms with van der Waals surface area (Å²) in [6.45, 7) is 1.90. The maximum absolute atomic E-state index is 8.77. The highest BCUT2D eigenvalue weighted by atomic mass is 31.2. The zero-order chi connectivity index (χ0) is 11.3. The molecule has 0 aliphatic rings. The minimum Gasteiger partial charge on any atom is -0.493 e. The Kier molecular flexibility index (Phi) is 4.56. The van der Waals surface area contributed by atoms with E-state index in [-0.39, 0.29) is 0 Å². The lowest BCUT2D eigenvalue weighted by molar-refractivity contribution is 0.351. The van der Waals surface area contributed by atoms with E-state index in [0.717, 1.165) is 5.56 Å². The van der Waals surface area contributed by atoms with Crippen molar-refractivity contribution in [2.45, 2.75) is 6.92 Å². The fraction of sp³-hybridized carbons (Fsp3) is 0.200. The lowest BCUT2D eigenvalue weighted by Crippen LogP contribution is -1.91. The van der Waals surface area contributed by atoms with Crippen LogP contribution in [0.25, 0.3) is 6.08 Å². The van der Waals surface area contributed by atoms with Crippen LogP contribution in [0.1, 0.15) is 12.5 Å². The molecule has 0 fully saturated rings. The molecule has 0 saturated carbocycles. The van der Waals surface area contributed by atoms with Crippen molar-refractivity contribution in [1.82, 2.24) is 0 Å². The molecular weight excluding hydrogens is 215 g/mol. The van der Waals surface area contributed by atoms with Crippen LogP contribution in [0.4, 0.5) is 0 Å². The van der Waals surface area contributed by atoms with Gasteiger partial charge in [0.15, 0.2) is 11.5 Å². The van der Waals surface area contributed by atoms with Crippen molar-refractivity contribution in [3.8, 4) is 11.5 Å². The molecule has 0 aliphatic carbocycles. The highest BCUT2D eigenvalue weighted by molar-refractivity contribution is 7.39. The van der Waals surface area contributed by atoms with E-state index in [4.69, 9.17) is 19.0 Å². The maximum Gasteiger partial charge on any atom is 0.391 e. The fourth-order valence-corrected chi connectivity index (χ4v) is 1.47. The van der Waals surface area contributed by atoms with Gasteiger partial charge in [0, 0.05) is 0 Å². The second-order valence-electron chi connectivity index (χ2n) is 2.75. The Hall–Kier alpha value is -1.09. The summed E-state index contributed by atoms with van der Waals surface area (Å²) in [6.07, 6.45) is 3.76. The number of hydrogen-bond donors (Lipinski definition) is 2. The molecule has 0 atom stereocenters. The second-order valence-corrected chi connectivity index (χ2v) is 3.44. The Morgan fingerprint density at radius 1 is 1.27 bits per heavy atom. The van der Waals surface area contributed by atoms with Gasteiger partial charge < -0.3 is 19.0 Å². The van der Waals surface area contributed by atoms with Crippen molar-refractivity contribution in [1.29, 1.82) is 0 Å². The van der Waals surface area contributed by atoms with Gasteiger partial charge in [-0.15, -0.1) is 0 Å². The molecule has 0 aromatic heterocycles. The molecule has 0 amide bonds. The second kappa shape index (κ2) is 5.71. The first-order valence-electron chi connectivity index (χ1n) is 4.34. The van der Waals surface area contributed by atoms with Crippen molar-refractivity contribution in [2.24, 2.45) is 0 Å². The van der Waals surface area contributed by atoms with Crippen LogP contribution < -0.4 is 9.26 Å². The van der Waals surface area contributed by atoms with Gasteiger partial charge >= 0.3 is 8.60 Å². The van der Waals surface area contributed by atoms with Crippen molar-refractivity contribution < 1.29 is 19.0 Å². The first-order chi connectivity index (χ1) is 7.17. The van der Waals surface area contributed by atoms with Gasteiger partial charge in [0.1, 0.15) is 0 Å². The van der Waals surface area contributed by atoms with Crippen molar-refractivity contribution in [2.75, 3.05) is 7.11 Å². The van der Waals surface area contributed by atoms with Gasteiger partial charge in [0.05, 0.1) is 7.11 Å². The van der Waals surface area contributed by atoms with Crippen LogP contribution >= 0.6 is 8.60 Å². The van der Waals surface area contributed by atoms with E-state index < -0.39 is 8.60 Å². The highest BCUT2D eigenvalue weighted by Crippen LogP contribution is 2.36. The van der Waals surface area contributed by atoms with Crippen LogP contribution in [-0.4, -0.2) is 16.9 Å². The molecule has 0 bridgehead atoms. The average molecular weight is 228 g/mol. The Bertz CT molecular complexity index is 349. The lowest BCUT2D eigenvalue weighted by Gasteiger charge is -2.10. The van der Waals surface area contributed by atoms with Gasteiger partial charge in [-0.05, 0) is 24.6 Å². The predicted molar refractivity (Wildman–Crippen MR) is 59.7 cm³/mol. The Labute approximate surface area is 89.8 Å². The zero-order valence-electron chi connectivity index (χ0n) is 8.54. The SMILES string of the molecule is C/C=C/c1ccc(OC)c(OP(O)O)c1. The van der Waals surface area contributed by atoms with Crippen LogP contribution in [0, 0.1) is 0 Å². The highest BCUT2D eigenvalue weighted by Gasteiger charge is 2.09. The summed E-state index contributed by atoms with van der Waals surface area (Å²) >= 11 is 0. The van der Waals surface area contributed by atoms with Crippen LogP contribution in [0.15, 0.2) is 24.3 Å². The monoisotopic (exact) mass is 228 g/mol. The lowest BCUT2D eigenvalue weighted by atomic mass is 10.2. The molecule has 0 aliphatic heterocycles. The van der Waals surface area contributed by atoms with Gasteiger partial charge in [-0.1, -0.05) is 18.2 Å². The quantitative estimate of drug-likeness (QED) is 0.776. The first-order valence-corrected chi connectivity index (χ1v) is 5.50. The molecule has 0 unspecified atom stereocenters. The maximum atomic E-state index is 8.77. The molecule has 0 heterocycles. The average Bonchev–Trinajstić information content (AvgIpc) is 2.18. The standard InChI is InChI=1S/C10H13O4P/c1-3-4-8-5-6-9(13-2)10(7-8)14-15(11)12/h3-7,11-12H,1-2H3/b4-3+. The number of ether oxygens (including phenoxy) is 1. The van der Waals surface area contributed by atoms with Gasteiger partial charge in [-0.3, -0.25) is 0 Å². The summed E-state index contributed by atoms with van der Waals surface area (Å²) in [7, 11) is -0.930. The largest absolute Gasteiger partial charge is 0.493 e. The number of allylic oxidation sites excluding steroid dienone is 1. The molecule has 82 valence electrons. The Morgan fingerprint density at radius 3 is 2.53 bits per heavy atom. The summed E-state index contributed by atoms with van der Waals surface area (Å²) in [5, 5.41) is 0. The third-order valence-corrected chi connectivity index (χ3v) is 2.09. The van der Waals surface area contributed by atoms with E-state index in [9.17, 15) is 0 Å². The normalized spacial score (nSPS) is 11.0. The van der Waals surface area contributed by atoms with E-state index in [1.54, 1.807) is 12.1 Å². The first kappa shape index (κ1) is 12.0. The van der Waals surface area contributed by atoms with Gasteiger partial charge in [-0.25, -0.2) is 0 Å². The van der Waals surface area contributed by atoms with Crippen LogP contribution in [-0.2, 0) is 0 Å². The summed E-state index contributed by atoms with van der Waals surface area (Å²) in [5.74, 6) is 0.795. The number of benzene rings is 1. The molecule has 1 aromatic carbocycles. The minimum atomic E-state index is -2.42. The predicted octanol–water partition coefficient (Wildman–Crippen LogP) is 2.32. The van der Waals surface area contributed by atoms with E-state index in [1.807, 2.05) is 25.1 Å². The van der Waals surface area contributed by atoms with Gasteiger partial charge in [0.2, 0.25) is 0 Å². The van der Waals surface area contributed by atoms with Crippen molar-refractivity contribution in [3.63, 3.8) is 0 Å². The van der Waals surface area contributed by atoms with Crippen LogP contribution in [0.2, 0.25) is 0 Å². The van der Waals surface area contributed by atoms with Gasteiger partial charge in [0.25, 0.3) is 0 Å². The zero-order valence-corrected chi connectivity index (χ0v) is 9.44. The summed E-state index contributed by atoms with van der Waals surface area (Å²) in [6, 6.07) is 5.24. The molecule has 2 N–H and O–H groups in total. The molecule has 0 radical (unpaired) electrons. The van der Waals surface area contributed by atoms with Crippen molar-refractivity contribution in [3.05, 3.63) is 29.8 Å². The van der Waals surface area contributed by atoms with E-state index in [1.165, 1.54) is 7.11 Å². The smallest absolute Gasteiger partial charge is 0.391 e. The minimum absolute atomic E-state index is 0.323. The van der Waals surface area contributed by atoms with E-state index >= 15 is 0 Å². The number of rotatable bonds is 4. The topological polar surface area (TPSA) is 58.9 Å². The van der Waals surface area contributed by atoms with Crippen LogP contribution in [0.5, 0.6) is 11.5 Å². The molecule has 1 aromatic rings. The third-order valence-electron chi connectivity index (χ3n) is 1.73. The molecule has 15 heavy (non-hydrogen) atoms. The fourth-order valence-electron chi connectivity index (χ4n) is 1.15. The van der Waals surface area contributed by atoms with Crippen molar-refractivity contribution >= 4 is 14.7 Å². The van der Waals surface area contributed by atoms with E-state index in [2.05, 4.69) is 0 Å². The van der Waals surface area contributed by atoms with Gasteiger partial charge in [-0.2, -0.15) is 0 Å². The Balaban J connectivity index is 3.01.